The van der Waals surface area contributed by atoms with Crippen LogP contribution in [-0.2, 0) is 9.59 Å². The Morgan fingerprint density at radius 1 is 0.612 bits per heavy atom. The molecule has 258 valence electrons. The molecule has 0 unspecified atom stereocenters. The molecule has 49 heavy (non-hydrogen) atoms. The number of halogens is 5. The fraction of sp³-hybridized carbons (Fsp3) is 0.312. The average molecular weight is 801 g/mol. The predicted octanol–water partition coefficient (Wildman–Crippen LogP) is 9.53. The van der Waals surface area contributed by atoms with Gasteiger partial charge < -0.3 is 22.1 Å². The highest BCUT2D eigenvalue weighted by Gasteiger charge is 2.22. The first-order chi connectivity index (χ1) is 23.4. The summed E-state index contributed by atoms with van der Waals surface area (Å²) in [5.74, 6) is 2.27. The summed E-state index contributed by atoms with van der Waals surface area (Å²) in [6, 6.07) is 8.98. The van der Waals surface area contributed by atoms with Crippen molar-refractivity contribution in [2.75, 3.05) is 22.1 Å². The van der Waals surface area contributed by atoms with Gasteiger partial charge in [-0.15, -0.1) is 0 Å². The Balaban J connectivity index is 0.000000191. The molecule has 2 fully saturated rings. The smallest absolute Gasteiger partial charge is 0.221 e. The zero-order valence-electron chi connectivity index (χ0n) is 25.8. The maximum Gasteiger partial charge on any atom is 0.221 e. The van der Waals surface area contributed by atoms with E-state index in [4.69, 9.17) is 69.5 Å². The Bertz CT molecular complexity index is 1810. The third-order valence-electron chi connectivity index (χ3n) is 7.60. The molecule has 0 spiro atoms. The predicted molar refractivity (Wildman–Crippen MR) is 201 cm³/mol. The minimum Gasteiger partial charge on any atom is -0.368 e. The summed E-state index contributed by atoms with van der Waals surface area (Å²) < 4.78 is 0. The maximum absolute atomic E-state index is 11.4. The number of rotatable bonds is 8. The summed E-state index contributed by atoms with van der Waals surface area (Å²) in [7, 11) is 0. The highest BCUT2D eigenvalue weighted by atomic mass is 35.5. The normalized spacial score (nSPS) is 15.4. The highest BCUT2D eigenvalue weighted by molar-refractivity contribution is 8.00. The lowest BCUT2D eigenvalue weighted by Crippen LogP contribution is -2.27. The minimum absolute atomic E-state index is 0.169. The number of hydrogen-bond acceptors (Lipinski definition) is 12. The molecule has 2 aromatic heterocycles. The van der Waals surface area contributed by atoms with Crippen LogP contribution in [-0.4, -0.2) is 43.6 Å². The number of ketones is 2. The molecule has 2 aliphatic carbocycles. The monoisotopic (exact) mass is 798 g/mol. The second-order valence-electron chi connectivity index (χ2n) is 11.3. The third-order valence-corrected chi connectivity index (χ3v) is 11.6. The van der Waals surface area contributed by atoms with Crippen LogP contribution in [0, 0.1) is 0 Å². The van der Waals surface area contributed by atoms with E-state index >= 15 is 0 Å². The van der Waals surface area contributed by atoms with Crippen molar-refractivity contribution in [1.29, 1.82) is 0 Å². The summed E-state index contributed by atoms with van der Waals surface area (Å²) in [6.45, 7) is 0. The topological polar surface area (TPSA) is 162 Å². The number of nitrogens with zero attached hydrogens (tertiary/aromatic N) is 4. The number of hydrogen-bond donors (Lipinski definition) is 4. The lowest BCUT2D eigenvalue weighted by Gasteiger charge is -2.23. The maximum atomic E-state index is 11.4. The minimum atomic E-state index is 0.169. The van der Waals surface area contributed by atoms with Gasteiger partial charge in [0.05, 0.1) is 24.9 Å². The van der Waals surface area contributed by atoms with Crippen LogP contribution in [0.2, 0.25) is 25.1 Å². The van der Waals surface area contributed by atoms with E-state index in [0.29, 0.717) is 78.9 Å². The number of anilines is 4. The highest BCUT2D eigenvalue weighted by Crippen LogP contribution is 2.43. The van der Waals surface area contributed by atoms with Gasteiger partial charge >= 0.3 is 0 Å². The number of carbonyl (C=O) groups is 2. The van der Waals surface area contributed by atoms with Gasteiger partial charge in [0.25, 0.3) is 0 Å². The number of nitrogen functional groups attached to an aromatic ring is 2. The summed E-state index contributed by atoms with van der Waals surface area (Å²) >= 11 is 33.5. The van der Waals surface area contributed by atoms with Crippen molar-refractivity contribution in [3.63, 3.8) is 0 Å². The van der Waals surface area contributed by atoms with Crippen molar-refractivity contribution >= 4 is 117 Å². The summed E-state index contributed by atoms with van der Waals surface area (Å²) in [5.41, 5.74) is 11.5. The van der Waals surface area contributed by atoms with E-state index < -0.39 is 0 Å². The number of nitrogens with one attached hydrogen (secondary N) is 2. The first kappa shape index (κ1) is 37.5. The van der Waals surface area contributed by atoms with Crippen LogP contribution in [0.25, 0.3) is 0 Å². The van der Waals surface area contributed by atoms with Crippen LogP contribution in [0.1, 0.15) is 51.4 Å². The lowest BCUT2D eigenvalue weighted by molar-refractivity contribution is -0.121. The Morgan fingerprint density at radius 3 is 1.53 bits per heavy atom. The van der Waals surface area contributed by atoms with Gasteiger partial charge in [-0.1, -0.05) is 81.5 Å². The number of aromatic nitrogens is 4. The van der Waals surface area contributed by atoms with Crippen LogP contribution in [0.5, 0.6) is 0 Å². The first-order valence-corrected chi connectivity index (χ1v) is 18.7. The van der Waals surface area contributed by atoms with Crippen molar-refractivity contribution in [2.45, 2.75) is 83.0 Å². The zero-order chi connectivity index (χ0) is 35.1. The van der Waals surface area contributed by atoms with Crippen LogP contribution < -0.4 is 22.1 Å². The molecule has 0 amide bonds. The average Bonchev–Trinajstić information content (AvgIpc) is 3.05. The molecular formula is C32H31Cl5N8O2S2. The molecule has 2 heterocycles. The molecule has 0 aliphatic heterocycles. The van der Waals surface area contributed by atoms with Crippen molar-refractivity contribution in [2.24, 2.45) is 0 Å². The van der Waals surface area contributed by atoms with E-state index in [0.717, 1.165) is 40.4 Å². The molecule has 2 aliphatic rings. The van der Waals surface area contributed by atoms with Gasteiger partial charge in [0, 0.05) is 70.0 Å². The molecule has 0 saturated heterocycles. The summed E-state index contributed by atoms with van der Waals surface area (Å²) in [6.07, 6.45) is 8.81. The van der Waals surface area contributed by atoms with E-state index in [1.807, 2.05) is 6.07 Å². The molecule has 6 N–H and O–H groups in total. The van der Waals surface area contributed by atoms with Crippen LogP contribution in [0.3, 0.4) is 0 Å². The van der Waals surface area contributed by atoms with Crippen molar-refractivity contribution in [1.82, 2.24) is 19.9 Å². The lowest BCUT2D eigenvalue weighted by atomic mass is 9.94. The molecule has 10 nitrogen and oxygen atoms in total. The molecular weight excluding hydrogens is 770 g/mol. The van der Waals surface area contributed by atoms with Gasteiger partial charge in [0.1, 0.15) is 23.2 Å². The standard InChI is InChI=1S/C16H15Cl3N4OS.C16H16Cl2N4OS/c17-8-5-11(18)14(12(19)6-8)25-13-7-21-16(20)23-15(13)22-9-1-3-10(24)4-2-9;17-9-1-6-13(12(18)7-9)24-14-8-20-16(19)22-15(14)21-10-2-4-11(23)5-3-10/h5-7,9H,1-4H2,(H3,20,21,22,23);1,6-8,10H,2-5H2,(H3,19,20,21,22). The SMILES string of the molecule is Nc1ncc(Sc2c(Cl)cc(Cl)cc2Cl)c(NC2CCC(=O)CC2)n1.Nc1ncc(Sc2ccc(Cl)cc2Cl)c(NC2CCC(=O)CC2)n1. The largest absolute Gasteiger partial charge is 0.368 e. The summed E-state index contributed by atoms with van der Waals surface area (Å²) in [5, 5.41) is 9.28. The first-order valence-electron chi connectivity index (χ1n) is 15.2. The molecule has 4 aromatic rings. The van der Waals surface area contributed by atoms with Gasteiger partial charge in [-0.3, -0.25) is 9.59 Å². The molecule has 2 saturated carbocycles. The number of Topliss-reactive ketones (excluding diaryl/α,β-unsaturated/α-hetero) is 2. The van der Waals surface area contributed by atoms with E-state index in [1.54, 1.807) is 36.7 Å². The summed E-state index contributed by atoms with van der Waals surface area (Å²) in [4.78, 5) is 42.6. The quantitative estimate of drug-likeness (QED) is 0.134. The fourth-order valence-electron chi connectivity index (χ4n) is 5.09. The van der Waals surface area contributed by atoms with Gasteiger partial charge in [-0.05, 0) is 56.0 Å². The molecule has 17 heteroatoms. The molecule has 0 bridgehead atoms. The van der Waals surface area contributed by atoms with Crippen LogP contribution in [0.4, 0.5) is 23.5 Å². The Morgan fingerprint density at radius 2 is 1.06 bits per heavy atom. The zero-order valence-corrected chi connectivity index (χ0v) is 31.2. The van der Waals surface area contributed by atoms with Crippen molar-refractivity contribution in [3.05, 3.63) is 67.8 Å². The second-order valence-corrected chi connectivity index (χ2v) is 15.5. The van der Waals surface area contributed by atoms with E-state index in [9.17, 15) is 9.59 Å². The van der Waals surface area contributed by atoms with Crippen molar-refractivity contribution in [3.8, 4) is 0 Å². The van der Waals surface area contributed by atoms with Gasteiger partial charge in [-0.25, -0.2) is 9.97 Å². The second kappa shape index (κ2) is 17.5. The van der Waals surface area contributed by atoms with E-state index in [2.05, 4.69) is 30.6 Å². The molecule has 6 rings (SSSR count). The number of benzene rings is 2. The number of carbonyl (C=O) groups excluding carboxylic acids is 2. The Labute approximate surface area is 317 Å². The molecule has 0 radical (unpaired) electrons. The van der Waals surface area contributed by atoms with Gasteiger partial charge in [0.15, 0.2) is 0 Å². The fourth-order valence-corrected chi connectivity index (χ4v) is 8.34. The van der Waals surface area contributed by atoms with Crippen molar-refractivity contribution < 1.29 is 9.59 Å². The molecule has 0 atom stereocenters. The van der Waals surface area contributed by atoms with E-state index in [1.165, 1.54) is 23.5 Å². The van der Waals surface area contributed by atoms with Gasteiger partial charge in [-0.2, -0.15) is 9.97 Å². The van der Waals surface area contributed by atoms with E-state index in [-0.39, 0.29) is 24.0 Å². The third kappa shape index (κ3) is 10.9. The number of nitrogens with two attached hydrogens (primary N) is 2. The Hall–Kier alpha value is -2.71. The van der Waals surface area contributed by atoms with Gasteiger partial charge in [0.2, 0.25) is 11.9 Å². The Kier molecular flexibility index (Phi) is 13.4. The van der Waals surface area contributed by atoms with Crippen LogP contribution in [0.15, 0.2) is 62.3 Å². The molecule has 2 aromatic carbocycles. The van der Waals surface area contributed by atoms with Crippen LogP contribution >= 0.6 is 81.5 Å².